The molecule has 1 unspecified atom stereocenters. The van der Waals surface area contributed by atoms with Crippen LogP contribution in [0.2, 0.25) is 0 Å². The SMILES string of the molecule is CCNC(=O)N1N=C(c2ccc(N)cc2)c2cc(SC)ccc2CC1C. The molecule has 1 atom stereocenters. The van der Waals surface area contributed by atoms with Crippen LogP contribution in [0.5, 0.6) is 0 Å². The predicted molar refractivity (Wildman–Crippen MR) is 109 cm³/mol. The van der Waals surface area contributed by atoms with Crippen molar-refractivity contribution in [2.75, 3.05) is 18.5 Å². The maximum absolute atomic E-state index is 12.6. The normalized spacial score (nSPS) is 16.5. The summed E-state index contributed by atoms with van der Waals surface area (Å²) in [5, 5.41) is 9.20. The van der Waals surface area contributed by atoms with Gasteiger partial charge >= 0.3 is 6.03 Å². The minimum atomic E-state index is -0.175. The van der Waals surface area contributed by atoms with E-state index in [1.165, 1.54) is 10.5 Å². The topological polar surface area (TPSA) is 70.7 Å². The maximum atomic E-state index is 12.6. The van der Waals surface area contributed by atoms with E-state index in [1.54, 1.807) is 16.8 Å². The van der Waals surface area contributed by atoms with E-state index in [-0.39, 0.29) is 12.1 Å². The van der Waals surface area contributed by atoms with Gasteiger partial charge < -0.3 is 11.1 Å². The summed E-state index contributed by atoms with van der Waals surface area (Å²) >= 11 is 1.70. The van der Waals surface area contributed by atoms with E-state index < -0.39 is 0 Å². The Morgan fingerprint density at radius 2 is 2.04 bits per heavy atom. The second kappa shape index (κ2) is 7.83. The number of carbonyl (C=O) groups excluding carboxylic acids is 1. The van der Waals surface area contributed by atoms with Crippen LogP contribution >= 0.6 is 11.8 Å². The Morgan fingerprint density at radius 1 is 1.31 bits per heavy atom. The molecule has 2 aromatic rings. The lowest BCUT2D eigenvalue weighted by Crippen LogP contribution is -2.42. The van der Waals surface area contributed by atoms with Gasteiger partial charge in [-0.1, -0.05) is 18.2 Å². The summed E-state index contributed by atoms with van der Waals surface area (Å²) in [5.41, 5.74) is 10.6. The van der Waals surface area contributed by atoms with E-state index in [0.717, 1.165) is 23.3 Å². The van der Waals surface area contributed by atoms with Crippen LogP contribution in [0.4, 0.5) is 10.5 Å². The van der Waals surface area contributed by atoms with Crippen molar-refractivity contribution in [3.63, 3.8) is 0 Å². The smallest absolute Gasteiger partial charge is 0.338 e. The van der Waals surface area contributed by atoms with Crippen LogP contribution in [0.15, 0.2) is 52.5 Å². The molecule has 2 amide bonds. The Kier molecular flexibility index (Phi) is 5.52. The van der Waals surface area contributed by atoms with Crippen LogP contribution < -0.4 is 11.1 Å². The zero-order chi connectivity index (χ0) is 18.7. The molecule has 5 nitrogen and oxygen atoms in total. The number of urea groups is 1. The fraction of sp³-hybridized carbons (Fsp3) is 0.300. The number of nitrogens with one attached hydrogen (secondary N) is 1. The number of amides is 2. The van der Waals surface area contributed by atoms with Crippen molar-refractivity contribution in [1.29, 1.82) is 0 Å². The van der Waals surface area contributed by atoms with Crippen molar-refractivity contribution in [3.8, 4) is 0 Å². The highest BCUT2D eigenvalue weighted by molar-refractivity contribution is 7.98. The van der Waals surface area contributed by atoms with E-state index in [1.807, 2.05) is 38.1 Å². The summed E-state index contributed by atoms with van der Waals surface area (Å²) in [4.78, 5) is 13.7. The Labute approximate surface area is 158 Å². The van der Waals surface area contributed by atoms with E-state index in [2.05, 4.69) is 29.8 Å². The Hall–Kier alpha value is -2.47. The number of hydrogen-bond donors (Lipinski definition) is 2. The molecule has 3 N–H and O–H groups in total. The summed E-state index contributed by atoms with van der Waals surface area (Å²) in [6.45, 7) is 4.50. The predicted octanol–water partition coefficient (Wildman–Crippen LogP) is 3.72. The number of rotatable bonds is 3. The highest BCUT2D eigenvalue weighted by Gasteiger charge is 2.27. The van der Waals surface area contributed by atoms with Gasteiger partial charge in [0.15, 0.2) is 0 Å². The van der Waals surface area contributed by atoms with Crippen molar-refractivity contribution in [1.82, 2.24) is 10.3 Å². The highest BCUT2D eigenvalue weighted by atomic mass is 32.2. The first-order valence-electron chi connectivity index (χ1n) is 8.72. The Balaban J connectivity index is 2.17. The number of thioether (sulfide) groups is 1. The molecule has 3 rings (SSSR count). The van der Waals surface area contributed by atoms with Gasteiger partial charge in [0, 0.05) is 28.3 Å². The van der Waals surface area contributed by atoms with Gasteiger partial charge in [-0.05, 0) is 56.4 Å². The first-order chi connectivity index (χ1) is 12.5. The van der Waals surface area contributed by atoms with Crippen molar-refractivity contribution >= 4 is 29.2 Å². The van der Waals surface area contributed by atoms with Crippen molar-refractivity contribution < 1.29 is 4.79 Å². The number of anilines is 1. The first-order valence-corrected chi connectivity index (χ1v) is 9.94. The zero-order valence-corrected chi connectivity index (χ0v) is 16.1. The van der Waals surface area contributed by atoms with Gasteiger partial charge in [-0.2, -0.15) is 5.10 Å². The molecule has 1 aliphatic heterocycles. The van der Waals surface area contributed by atoms with Gasteiger partial charge in [0.05, 0.1) is 11.8 Å². The third-order valence-electron chi connectivity index (χ3n) is 4.43. The molecule has 0 fully saturated rings. The molecule has 6 heteroatoms. The Morgan fingerprint density at radius 3 is 2.69 bits per heavy atom. The molecule has 0 aromatic heterocycles. The molecule has 1 aliphatic rings. The minimum Gasteiger partial charge on any atom is -0.399 e. The molecule has 0 radical (unpaired) electrons. The third-order valence-corrected chi connectivity index (χ3v) is 5.16. The molecule has 0 spiro atoms. The third kappa shape index (κ3) is 3.70. The van der Waals surface area contributed by atoms with Crippen LogP contribution in [-0.2, 0) is 6.42 Å². The quantitative estimate of drug-likeness (QED) is 0.641. The fourth-order valence-corrected chi connectivity index (χ4v) is 3.52. The standard InChI is InChI=1S/C20H24N4OS/c1-4-22-20(25)24-13(2)11-15-7-10-17(26-3)12-18(15)19(23-24)14-5-8-16(21)9-6-14/h5-10,12-13H,4,11,21H2,1-3H3,(H,22,25). The second-order valence-corrected chi connectivity index (χ2v) is 7.21. The van der Waals surface area contributed by atoms with Crippen molar-refractivity contribution in [3.05, 3.63) is 59.2 Å². The Bertz CT molecular complexity index is 832. The number of carbonyl (C=O) groups is 1. The zero-order valence-electron chi connectivity index (χ0n) is 15.3. The number of nitrogens with two attached hydrogens (primary N) is 1. The molecular formula is C20H24N4OS. The molecule has 26 heavy (non-hydrogen) atoms. The van der Waals surface area contributed by atoms with Crippen LogP contribution in [0.25, 0.3) is 0 Å². The van der Waals surface area contributed by atoms with E-state index in [0.29, 0.717) is 12.2 Å². The summed E-state index contributed by atoms with van der Waals surface area (Å²) in [6, 6.07) is 13.8. The van der Waals surface area contributed by atoms with E-state index in [9.17, 15) is 4.79 Å². The molecule has 2 aromatic carbocycles. The molecule has 0 saturated carbocycles. The molecular weight excluding hydrogens is 344 g/mol. The molecule has 0 bridgehead atoms. The van der Waals surface area contributed by atoms with Crippen LogP contribution in [0, 0.1) is 0 Å². The van der Waals surface area contributed by atoms with Gasteiger partial charge in [-0.25, -0.2) is 9.80 Å². The average Bonchev–Trinajstić information content (AvgIpc) is 2.78. The van der Waals surface area contributed by atoms with E-state index >= 15 is 0 Å². The summed E-state index contributed by atoms with van der Waals surface area (Å²) in [6.07, 6.45) is 2.81. The van der Waals surface area contributed by atoms with Crippen LogP contribution in [0.3, 0.4) is 0 Å². The first kappa shape index (κ1) is 18.3. The largest absolute Gasteiger partial charge is 0.399 e. The molecule has 1 heterocycles. The number of fused-ring (bicyclic) bond motifs is 1. The van der Waals surface area contributed by atoms with Gasteiger partial charge in [0.1, 0.15) is 0 Å². The summed E-state index contributed by atoms with van der Waals surface area (Å²) in [7, 11) is 0. The molecule has 136 valence electrons. The van der Waals surface area contributed by atoms with Crippen LogP contribution in [0.1, 0.15) is 30.5 Å². The monoisotopic (exact) mass is 368 g/mol. The molecule has 0 saturated heterocycles. The lowest BCUT2D eigenvalue weighted by Gasteiger charge is -2.23. The summed E-state index contributed by atoms with van der Waals surface area (Å²) in [5.74, 6) is 0. The maximum Gasteiger partial charge on any atom is 0.338 e. The summed E-state index contributed by atoms with van der Waals surface area (Å²) < 4.78 is 0. The van der Waals surface area contributed by atoms with Gasteiger partial charge in [-0.15, -0.1) is 11.8 Å². The van der Waals surface area contributed by atoms with Crippen molar-refractivity contribution in [2.24, 2.45) is 5.10 Å². The highest BCUT2D eigenvalue weighted by Crippen LogP contribution is 2.27. The van der Waals surface area contributed by atoms with Crippen molar-refractivity contribution in [2.45, 2.75) is 31.2 Å². The fourth-order valence-electron chi connectivity index (χ4n) is 3.08. The molecule has 0 aliphatic carbocycles. The lowest BCUT2D eigenvalue weighted by molar-refractivity contribution is 0.183. The lowest BCUT2D eigenvalue weighted by atomic mass is 9.94. The van der Waals surface area contributed by atoms with Gasteiger partial charge in [0.2, 0.25) is 0 Å². The van der Waals surface area contributed by atoms with Crippen LogP contribution in [-0.4, -0.2) is 35.6 Å². The number of hydrazone groups is 1. The number of hydrogen-bond acceptors (Lipinski definition) is 4. The number of benzene rings is 2. The number of nitrogen functional groups attached to an aromatic ring is 1. The average molecular weight is 369 g/mol. The van der Waals surface area contributed by atoms with E-state index in [4.69, 9.17) is 10.8 Å². The number of nitrogens with zero attached hydrogens (tertiary/aromatic N) is 2. The minimum absolute atomic E-state index is 0.0355. The van der Waals surface area contributed by atoms with Gasteiger partial charge in [0.25, 0.3) is 0 Å². The van der Waals surface area contributed by atoms with Gasteiger partial charge in [-0.3, -0.25) is 0 Å². The second-order valence-electron chi connectivity index (χ2n) is 6.33.